The highest BCUT2D eigenvalue weighted by atomic mass is 14.7. The van der Waals surface area contributed by atoms with Crippen molar-refractivity contribution in [3.63, 3.8) is 0 Å². The lowest BCUT2D eigenvalue weighted by atomic mass is 9.39. The Bertz CT molecular complexity index is 508. The van der Waals surface area contributed by atoms with Crippen LogP contribution in [0.5, 0.6) is 0 Å². The van der Waals surface area contributed by atoms with E-state index < -0.39 is 0 Å². The number of hydrogen-bond donors (Lipinski definition) is 0. The zero-order chi connectivity index (χ0) is 16.6. The third-order valence-electron chi connectivity index (χ3n) is 11.1. The van der Waals surface area contributed by atoms with E-state index in [4.69, 9.17) is 0 Å². The van der Waals surface area contributed by atoms with Crippen LogP contribution in [-0.2, 0) is 0 Å². The van der Waals surface area contributed by atoms with Crippen molar-refractivity contribution in [3.8, 4) is 0 Å². The molecule has 24 heavy (non-hydrogen) atoms. The first-order valence-electron chi connectivity index (χ1n) is 11.5. The molecule has 5 aliphatic carbocycles. The maximum Gasteiger partial charge on any atom is -0.0235 e. The molecule has 0 aromatic carbocycles. The second kappa shape index (κ2) is 5.26. The van der Waals surface area contributed by atoms with Crippen molar-refractivity contribution >= 4 is 0 Å². The molecule has 5 fully saturated rings. The topological polar surface area (TPSA) is 0 Å². The third kappa shape index (κ3) is 1.87. The zero-order valence-electron chi connectivity index (χ0n) is 16.6. The Kier molecular flexibility index (Phi) is 3.55. The molecule has 136 valence electrons. The summed E-state index contributed by atoms with van der Waals surface area (Å²) in [6.45, 7) is 8.03. The van der Waals surface area contributed by atoms with E-state index in [0.717, 1.165) is 35.0 Å². The third-order valence-corrected chi connectivity index (χ3v) is 11.1. The first-order valence-corrected chi connectivity index (χ1v) is 11.5. The quantitative estimate of drug-likeness (QED) is 0.440. The van der Waals surface area contributed by atoms with Gasteiger partial charge in [0.2, 0.25) is 0 Å². The highest BCUT2D eigenvalue weighted by Gasteiger charge is 2.64. The minimum Gasteiger partial charge on any atom is -0.0622 e. The lowest BCUT2D eigenvalue weighted by molar-refractivity contribution is -0.162. The van der Waals surface area contributed by atoms with Gasteiger partial charge < -0.3 is 0 Å². The van der Waals surface area contributed by atoms with Crippen LogP contribution < -0.4 is 0 Å². The lowest BCUT2D eigenvalue weighted by Gasteiger charge is -2.65. The molecular weight excluding hydrogens is 288 g/mol. The van der Waals surface area contributed by atoms with Crippen LogP contribution in [-0.4, -0.2) is 0 Å². The summed E-state index contributed by atoms with van der Waals surface area (Å²) in [5.74, 6) is 5.42. The lowest BCUT2D eigenvalue weighted by Crippen LogP contribution is -2.57. The van der Waals surface area contributed by atoms with Crippen molar-refractivity contribution in [3.05, 3.63) is 0 Å². The molecule has 8 unspecified atom stereocenters. The first-order chi connectivity index (χ1) is 11.5. The van der Waals surface area contributed by atoms with E-state index in [9.17, 15) is 0 Å². The zero-order valence-corrected chi connectivity index (χ0v) is 16.6. The summed E-state index contributed by atoms with van der Waals surface area (Å²) < 4.78 is 0. The van der Waals surface area contributed by atoms with Gasteiger partial charge in [-0.1, -0.05) is 46.5 Å². The fourth-order valence-electron chi connectivity index (χ4n) is 9.76. The van der Waals surface area contributed by atoms with Gasteiger partial charge in [0, 0.05) is 0 Å². The van der Waals surface area contributed by atoms with E-state index in [2.05, 4.69) is 20.8 Å². The molecule has 8 atom stereocenters. The molecule has 0 heterocycles. The van der Waals surface area contributed by atoms with E-state index in [-0.39, 0.29) is 0 Å². The van der Waals surface area contributed by atoms with E-state index >= 15 is 0 Å². The summed E-state index contributed by atoms with van der Waals surface area (Å²) in [4.78, 5) is 0. The van der Waals surface area contributed by atoms with Gasteiger partial charge in [0.15, 0.2) is 0 Å². The smallest absolute Gasteiger partial charge is 0.0235 e. The summed E-state index contributed by atoms with van der Waals surface area (Å²) in [7, 11) is 0. The normalized spacial score (nSPS) is 59.9. The average molecular weight is 329 g/mol. The molecule has 0 radical (unpaired) electrons. The number of fused-ring (bicyclic) bond motifs is 4. The molecule has 0 nitrogen and oxygen atoms in total. The largest absolute Gasteiger partial charge is 0.0622 e. The molecule has 0 aromatic heterocycles. The molecule has 5 saturated carbocycles. The minimum atomic E-state index is 0.675. The minimum absolute atomic E-state index is 0.675. The van der Waals surface area contributed by atoms with Gasteiger partial charge in [0.1, 0.15) is 0 Å². The Morgan fingerprint density at radius 1 is 0.625 bits per heavy atom. The Hall–Kier alpha value is 0. The van der Waals surface area contributed by atoms with Gasteiger partial charge in [-0.05, 0) is 104 Å². The van der Waals surface area contributed by atoms with Gasteiger partial charge in [0.25, 0.3) is 0 Å². The van der Waals surface area contributed by atoms with Crippen LogP contribution in [0, 0.1) is 45.8 Å². The fraction of sp³-hybridized carbons (Fsp3) is 1.00. The summed E-state index contributed by atoms with van der Waals surface area (Å²) in [6, 6.07) is 0. The maximum atomic E-state index is 2.75. The summed E-state index contributed by atoms with van der Waals surface area (Å²) >= 11 is 0. The average Bonchev–Trinajstić information content (AvgIpc) is 2.96. The predicted octanol–water partition coefficient (Wildman–Crippen LogP) is 7.23. The van der Waals surface area contributed by atoms with Crippen LogP contribution in [0.1, 0.15) is 104 Å². The van der Waals surface area contributed by atoms with Crippen LogP contribution in [0.15, 0.2) is 0 Å². The summed E-state index contributed by atoms with van der Waals surface area (Å²) in [6.07, 6.45) is 20.3. The van der Waals surface area contributed by atoms with Crippen molar-refractivity contribution in [1.29, 1.82) is 0 Å². The Morgan fingerprint density at radius 2 is 1.42 bits per heavy atom. The SMILES string of the molecule is CC1CCCC23CCC4C(CCC5(C)CCCCC45C)C2CCC13. The second-order valence-corrected chi connectivity index (χ2v) is 11.4. The molecule has 0 bridgehead atoms. The maximum absolute atomic E-state index is 2.75. The van der Waals surface area contributed by atoms with Crippen LogP contribution in [0.2, 0.25) is 0 Å². The molecule has 1 spiro atoms. The van der Waals surface area contributed by atoms with Crippen molar-refractivity contribution in [2.24, 2.45) is 45.8 Å². The van der Waals surface area contributed by atoms with Crippen molar-refractivity contribution in [1.82, 2.24) is 0 Å². The Morgan fingerprint density at radius 3 is 2.29 bits per heavy atom. The first kappa shape index (κ1) is 16.2. The predicted molar refractivity (Wildman–Crippen MR) is 102 cm³/mol. The van der Waals surface area contributed by atoms with Gasteiger partial charge in [-0.15, -0.1) is 0 Å². The molecule has 5 aliphatic rings. The van der Waals surface area contributed by atoms with Gasteiger partial charge in [-0.3, -0.25) is 0 Å². The number of hydrogen-bond acceptors (Lipinski definition) is 0. The monoisotopic (exact) mass is 328 g/mol. The van der Waals surface area contributed by atoms with Crippen molar-refractivity contribution in [2.45, 2.75) is 104 Å². The van der Waals surface area contributed by atoms with E-state index in [1.165, 1.54) is 25.7 Å². The molecule has 5 rings (SSSR count). The second-order valence-electron chi connectivity index (χ2n) is 11.4. The van der Waals surface area contributed by atoms with Crippen molar-refractivity contribution in [2.75, 3.05) is 0 Å². The number of rotatable bonds is 0. The Balaban J connectivity index is 1.49. The van der Waals surface area contributed by atoms with Gasteiger partial charge in [-0.2, -0.15) is 0 Å². The molecule has 0 N–H and O–H groups in total. The van der Waals surface area contributed by atoms with Gasteiger partial charge in [0.05, 0.1) is 0 Å². The highest BCUT2D eigenvalue weighted by molar-refractivity contribution is 5.13. The standard InChI is InChI=1S/C24H40/c1-17-7-6-14-24-16-11-20-18(21(24)9-8-19(17)24)10-15-22(2)12-4-5-13-23(20,22)3/h17-21H,4-16H2,1-3H3. The molecule has 0 amide bonds. The van der Waals surface area contributed by atoms with E-state index in [0.29, 0.717) is 10.8 Å². The van der Waals surface area contributed by atoms with Crippen LogP contribution in [0.25, 0.3) is 0 Å². The molecule has 0 aliphatic heterocycles. The van der Waals surface area contributed by atoms with Crippen molar-refractivity contribution < 1.29 is 0 Å². The molecule has 0 heteroatoms. The summed E-state index contributed by atoms with van der Waals surface area (Å²) in [5, 5.41) is 0. The van der Waals surface area contributed by atoms with Crippen LogP contribution >= 0.6 is 0 Å². The van der Waals surface area contributed by atoms with Crippen LogP contribution in [0.3, 0.4) is 0 Å². The van der Waals surface area contributed by atoms with Gasteiger partial charge >= 0.3 is 0 Å². The van der Waals surface area contributed by atoms with Crippen LogP contribution in [0.4, 0.5) is 0 Å². The van der Waals surface area contributed by atoms with Gasteiger partial charge in [-0.25, -0.2) is 0 Å². The molecule has 0 aromatic rings. The highest BCUT2D eigenvalue weighted by Crippen LogP contribution is 2.72. The fourth-order valence-corrected chi connectivity index (χ4v) is 9.76. The summed E-state index contributed by atoms with van der Waals surface area (Å²) in [5.41, 5.74) is 2.15. The molecule has 0 saturated heterocycles. The van der Waals surface area contributed by atoms with E-state index in [1.807, 2.05) is 0 Å². The van der Waals surface area contributed by atoms with E-state index in [1.54, 1.807) is 57.8 Å². The molecular formula is C24H40. The Labute approximate surface area is 150 Å².